The summed E-state index contributed by atoms with van der Waals surface area (Å²) in [5, 5.41) is 6.32. The summed E-state index contributed by atoms with van der Waals surface area (Å²) >= 11 is 6.03. The van der Waals surface area contributed by atoms with Crippen molar-refractivity contribution in [1.29, 1.82) is 0 Å². The van der Waals surface area contributed by atoms with Crippen LogP contribution in [0.15, 0.2) is 54.7 Å². The zero-order chi connectivity index (χ0) is 28.1. The van der Waals surface area contributed by atoms with Crippen molar-refractivity contribution in [2.75, 3.05) is 44.2 Å². The van der Waals surface area contributed by atoms with Gasteiger partial charge in [-0.2, -0.15) is 0 Å². The lowest BCUT2D eigenvalue weighted by atomic mass is 10.1. The summed E-state index contributed by atoms with van der Waals surface area (Å²) in [4.78, 5) is 16.9. The number of amides is 2. The number of hydrogen-bond acceptors (Lipinski definition) is 7. The monoisotopic (exact) mass is 567 g/mol. The molecule has 40 heavy (non-hydrogen) atoms. The van der Waals surface area contributed by atoms with Gasteiger partial charge in [-0.25, -0.2) is 9.18 Å². The van der Waals surface area contributed by atoms with Crippen molar-refractivity contribution >= 4 is 39.9 Å². The highest BCUT2D eigenvalue weighted by atomic mass is 35.5. The summed E-state index contributed by atoms with van der Waals surface area (Å²) in [7, 11) is 1.64. The fraction of sp³-hybridized carbons (Fsp3) is 0.241. The molecule has 0 saturated carbocycles. The lowest BCUT2D eigenvalue weighted by molar-refractivity contribution is 0.154. The van der Waals surface area contributed by atoms with Crippen LogP contribution in [0.1, 0.15) is 12.0 Å². The third-order valence-electron chi connectivity index (χ3n) is 6.03. The normalized spacial score (nSPS) is 12.2. The first-order valence-electron chi connectivity index (χ1n) is 12.6. The predicted octanol–water partition coefficient (Wildman–Crippen LogP) is 6.96. The second kappa shape index (κ2) is 12.3. The van der Waals surface area contributed by atoms with E-state index in [1.54, 1.807) is 49.7 Å². The van der Waals surface area contributed by atoms with Crippen molar-refractivity contribution in [2.24, 2.45) is 0 Å². The Labute approximate surface area is 235 Å². The topological polar surface area (TPSA) is 100 Å². The SMILES string of the molecule is COCCCOc1cc2nccc(Oc3ccc(NC(=O)Nc4ccc(Cl)c(C)c4)c(F)c3)c2c2c1OCCO2. The van der Waals surface area contributed by atoms with E-state index in [0.717, 1.165) is 5.56 Å². The molecule has 2 N–H and O–H groups in total. The smallest absolute Gasteiger partial charge is 0.323 e. The highest BCUT2D eigenvalue weighted by molar-refractivity contribution is 6.31. The number of halogens is 2. The maximum absolute atomic E-state index is 15.0. The number of nitrogens with one attached hydrogen (secondary N) is 2. The van der Waals surface area contributed by atoms with E-state index in [0.29, 0.717) is 77.5 Å². The second-order valence-corrected chi connectivity index (χ2v) is 9.32. The number of hydrogen-bond donors (Lipinski definition) is 2. The maximum Gasteiger partial charge on any atom is 0.323 e. The van der Waals surface area contributed by atoms with E-state index in [2.05, 4.69) is 15.6 Å². The molecule has 11 heteroatoms. The molecule has 1 aliphatic heterocycles. The van der Waals surface area contributed by atoms with Gasteiger partial charge in [-0.05, 0) is 48.9 Å². The molecule has 0 fully saturated rings. The minimum atomic E-state index is -0.674. The molecule has 0 spiro atoms. The Balaban J connectivity index is 1.35. The Morgan fingerprint density at radius 2 is 1.85 bits per heavy atom. The van der Waals surface area contributed by atoms with Gasteiger partial charge >= 0.3 is 6.03 Å². The minimum Gasteiger partial charge on any atom is -0.489 e. The first-order valence-corrected chi connectivity index (χ1v) is 13.0. The van der Waals surface area contributed by atoms with Crippen LogP contribution in [0.3, 0.4) is 0 Å². The molecule has 0 aliphatic carbocycles. The van der Waals surface area contributed by atoms with E-state index in [1.165, 1.54) is 12.1 Å². The van der Waals surface area contributed by atoms with Crippen molar-refractivity contribution < 1.29 is 32.9 Å². The molecular weight excluding hydrogens is 541 g/mol. The predicted molar refractivity (Wildman–Crippen MR) is 150 cm³/mol. The van der Waals surface area contributed by atoms with Crippen LogP contribution in [-0.2, 0) is 4.74 Å². The van der Waals surface area contributed by atoms with E-state index in [1.807, 2.05) is 6.92 Å². The molecule has 2 amide bonds. The molecule has 1 aromatic heterocycles. The number of benzene rings is 3. The average molecular weight is 568 g/mol. The van der Waals surface area contributed by atoms with Crippen LogP contribution in [-0.4, -0.2) is 44.6 Å². The molecule has 4 aromatic rings. The molecule has 0 bridgehead atoms. The van der Waals surface area contributed by atoms with Crippen molar-refractivity contribution in [3.05, 3.63) is 71.1 Å². The number of urea groups is 1. The van der Waals surface area contributed by atoms with Gasteiger partial charge in [0.05, 0.1) is 23.2 Å². The van der Waals surface area contributed by atoms with Gasteiger partial charge in [0.15, 0.2) is 11.5 Å². The van der Waals surface area contributed by atoms with E-state index >= 15 is 0 Å². The number of ether oxygens (including phenoxy) is 5. The molecule has 0 atom stereocenters. The van der Waals surface area contributed by atoms with Gasteiger partial charge in [0.25, 0.3) is 0 Å². The molecule has 5 rings (SSSR count). The summed E-state index contributed by atoms with van der Waals surface area (Å²) in [6.45, 7) is 3.54. The Bertz CT molecular complexity index is 1550. The third-order valence-corrected chi connectivity index (χ3v) is 6.45. The number of aromatic nitrogens is 1. The van der Waals surface area contributed by atoms with Crippen LogP contribution in [0, 0.1) is 12.7 Å². The molecule has 1 aliphatic rings. The van der Waals surface area contributed by atoms with Crippen LogP contribution < -0.4 is 29.6 Å². The Morgan fingerprint density at radius 1 is 1.02 bits per heavy atom. The summed E-state index contributed by atoms with van der Waals surface area (Å²) in [5.74, 6) is 1.36. The Morgan fingerprint density at radius 3 is 2.62 bits per heavy atom. The molecule has 2 heterocycles. The number of nitrogens with zero attached hydrogens (tertiary/aromatic N) is 1. The lowest BCUT2D eigenvalue weighted by Gasteiger charge is -2.23. The summed E-state index contributed by atoms with van der Waals surface area (Å²) in [6, 6.07) is 12.0. The number of anilines is 2. The largest absolute Gasteiger partial charge is 0.489 e. The summed E-state index contributed by atoms with van der Waals surface area (Å²) in [5.41, 5.74) is 1.89. The summed E-state index contributed by atoms with van der Waals surface area (Å²) in [6.07, 6.45) is 2.29. The van der Waals surface area contributed by atoms with Gasteiger partial charge in [0.1, 0.15) is 30.5 Å². The number of pyridine rings is 1. The zero-order valence-electron chi connectivity index (χ0n) is 21.9. The standard InChI is InChI=1S/C29H27ClFN3O6/c1-17-14-18(4-6-20(17)30)33-29(35)34-22-7-5-19(15-21(22)31)40-24-8-9-32-23-16-25(37-11-3-10-36-2)27-28(26(23)24)39-13-12-38-27/h4-9,14-16H,3,10-13H2,1-2H3,(H2,33,34,35). The van der Waals surface area contributed by atoms with Crippen molar-refractivity contribution in [3.63, 3.8) is 0 Å². The van der Waals surface area contributed by atoms with E-state index in [4.69, 9.17) is 35.3 Å². The number of methoxy groups -OCH3 is 1. The van der Waals surface area contributed by atoms with Gasteiger partial charge in [0, 0.05) is 49.2 Å². The van der Waals surface area contributed by atoms with Gasteiger partial charge in [-0.15, -0.1) is 0 Å². The van der Waals surface area contributed by atoms with Gasteiger partial charge < -0.3 is 34.3 Å². The van der Waals surface area contributed by atoms with Crippen LogP contribution >= 0.6 is 11.6 Å². The fourth-order valence-corrected chi connectivity index (χ4v) is 4.26. The number of rotatable bonds is 9. The quantitative estimate of drug-likeness (QED) is 0.211. The molecule has 0 radical (unpaired) electrons. The highest BCUT2D eigenvalue weighted by Gasteiger charge is 2.25. The number of fused-ring (bicyclic) bond motifs is 3. The van der Waals surface area contributed by atoms with E-state index in [9.17, 15) is 9.18 Å². The van der Waals surface area contributed by atoms with E-state index < -0.39 is 11.8 Å². The van der Waals surface area contributed by atoms with Gasteiger partial charge in [-0.1, -0.05) is 11.6 Å². The maximum atomic E-state index is 15.0. The first kappa shape index (κ1) is 27.3. The molecular formula is C29H27ClFN3O6. The number of carbonyl (C=O) groups is 1. The van der Waals surface area contributed by atoms with E-state index in [-0.39, 0.29) is 11.4 Å². The average Bonchev–Trinajstić information content (AvgIpc) is 2.94. The van der Waals surface area contributed by atoms with Crippen molar-refractivity contribution in [2.45, 2.75) is 13.3 Å². The van der Waals surface area contributed by atoms with Gasteiger partial charge in [-0.3, -0.25) is 4.98 Å². The lowest BCUT2D eigenvalue weighted by Crippen LogP contribution is -2.20. The Kier molecular flexibility index (Phi) is 8.37. The van der Waals surface area contributed by atoms with Crippen molar-refractivity contribution in [1.82, 2.24) is 4.98 Å². The highest BCUT2D eigenvalue weighted by Crippen LogP contribution is 2.48. The summed E-state index contributed by atoms with van der Waals surface area (Å²) < 4.78 is 43.8. The molecule has 3 aromatic carbocycles. The minimum absolute atomic E-state index is 0.0144. The van der Waals surface area contributed by atoms with Crippen LogP contribution in [0.2, 0.25) is 5.02 Å². The van der Waals surface area contributed by atoms with Crippen molar-refractivity contribution in [3.8, 4) is 28.7 Å². The molecule has 0 saturated heterocycles. The van der Waals surface area contributed by atoms with Crippen LogP contribution in [0.4, 0.5) is 20.6 Å². The molecule has 9 nitrogen and oxygen atoms in total. The van der Waals surface area contributed by atoms with Crippen LogP contribution in [0.5, 0.6) is 28.7 Å². The second-order valence-electron chi connectivity index (χ2n) is 8.91. The number of carbonyl (C=O) groups excluding carboxylic acids is 1. The van der Waals surface area contributed by atoms with Gasteiger partial charge in [0.2, 0.25) is 5.75 Å². The first-order chi connectivity index (χ1) is 19.4. The third kappa shape index (κ3) is 6.13. The molecule has 0 unspecified atom stereocenters. The Hall–Kier alpha value is -4.28. The zero-order valence-corrected chi connectivity index (χ0v) is 22.6. The fourth-order valence-electron chi connectivity index (χ4n) is 4.15. The molecule has 208 valence electrons. The number of aryl methyl sites for hydroxylation is 1. The van der Waals surface area contributed by atoms with Crippen LogP contribution in [0.25, 0.3) is 10.9 Å².